The molecule has 1 aromatic carbocycles. The molecule has 3 rings (SSSR count). The Bertz CT molecular complexity index is 1060. The van der Waals surface area contributed by atoms with Crippen LogP contribution in [-0.4, -0.2) is 26.4 Å². The van der Waals surface area contributed by atoms with Crippen LogP contribution in [-0.2, 0) is 17.8 Å². The van der Waals surface area contributed by atoms with Crippen molar-refractivity contribution in [3.8, 4) is 11.4 Å². The van der Waals surface area contributed by atoms with Gasteiger partial charge in [0.15, 0.2) is 11.0 Å². The van der Waals surface area contributed by atoms with Gasteiger partial charge in [-0.2, -0.15) is 0 Å². The Morgan fingerprint density at radius 1 is 1.23 bits per heavy atom. The molecule has 0 bridgehead atoms. The highest BCUT2D eigenvalue weighted by molar-refractivity contribution is 7.99. The molecule has 3 aromatic rings. The Kier molecular flexibility index (Phi) is 8.25. The lowest BCUT2D eigenvalue weighted by Crippen LogP contribution is -2.15. The molecule has 30 heavy (non-hydrogen) atoms. The SMILES string of the molecule is C=CCn1c(SCC(=O)Nc2cc(Cl)c(Cl)cc2Cl)nnc1-c1csc(CCC)c1. The van der Waals surface area contributed by atoms with Gasteiger partial charge in [-0.3, -0.25) is 9.36 Å². The molecule has 0 unspecified atom stereocenters. The third kappa shape index (κ3) is 5.59. The number of anilines is 1. The van der Waals surface area contributed by atoms with Gasteiger partial charge in [-0.1, -0.05) is 66.0 Å². The van der Waals surface area contributed by atoms with Crippen molar-refractivity contribution in [1.29, 1.82) is 0 Å². The van der Waals surface area contributed by atoms with Crippen LogP contribution in [0.2, 0.25) is 15.1 Å². The minimum absolute atomic E-state index is 0.135. The number of halogens is 3. The first-order chi connectivity index (χ1) is 14.4. The monoisotopic (exact) mass is 500 g/mol. The van der Waals surface area contributed by atoms with Gasteiger partial charge < -0.3 is 5.32 Å². The number of hydrogen-bond donors (Lipinski definition) is 1. The van der Waals surface area contributed by atoms with E-state index in [4.69, 9.17) is 34.8 Å². The summed E-state index contributed by atoms with van der Waals surface area (Å²) >= 11 is 21.1. The van der Waals surface area contributed by atoms with E-state index < -0.39 is 0 Å². The number of nitrogens with zero attached hydrogens (tertiary/aromatic N) is 3. The molecular formula is C20H19Cl3N4OS2. The van der Waals surface area contributed by atoms with Gasteiger partial charge in [0.25, 0.3) is 0 Å². The van der Waals surface area contributed by atoms with Crippen LogP contribution in [0.4, 0.5) is 5.69 Å². The van der Waals surface area contributed by atoms with Crippen molar-refractivity contribution in [1.82, 2.24) is 14.8 Å². The third-order valence-electron chi connectivity index (χ3n) is 4.05. The number of hydrogen-bond acceptors (Lipinski definition) is 5. The average Bonchev–Trinajstić information content (AvgIpc) is 3.32. The van der Waals surface area contributed by atoms with Crippen molar-refractivity contribution >= 4 is 69.5 Å². The van der Waals surface area contributed by atoms with Gasteiger partial charge in [0.1, 0.15) is 0 Å². The molecule has 0 saturated carbocycles. The number of rotatable bonds is 9. The number of thioether (sulfide) groups is 1. The highest BCUT2D eigenvalue weighted by Gasteiger charge is 2.17. The lowest BCUT2D eigenvalue weighted by Gasteiger charge is -2.09. The second kappa shape index (κ2) is 10.7. The van der Waals surface area contributed by atoms with E-state index in [-0.39, 0.29) is 11.7 Å². The van der Waals surface area contributed by atoms with E-state index in [1.54, 1.807) is 17.4 Å². The minimum atomic E-state index is -0.240. The normalized spacial score (nSPS) is 10.9. The summed E-state index contributed by atoms with van der Waals surface area (Å²) in [5.74, 6) is 0.663. The highest BCUT2D eigenvalue weighted by Crippen LogP contribution is 2.33. The molecule has 1 N–H and O–H groups in total. The summed E-state index contributed by atoms with van der Waals surface area (Å²) in [7, 11) is 0. The van der Waals surface area contributed by atoms with E-state index in [9.17, 15) is 4.79 Å². The summed E-state index contributed by atoms with van der Waals surface area (Å²) in [6.45, 7) is 6.52. The highest BCUT2D eigenvalue weighted by atomic mass is 35.5. The molecule has 1 amide bonds. The second-order valence-electron chi connectivity index (χ2n) is 6.34. The molecule has 5 nitrogen and oxygen atoms in total. The van der Waals surface area contributed by atoms with Crippen LogP contribution in [0.1, 0.15) is 18.2 Å². The number of aromatic nitrogens is 3. The smallest absolute Gasteiger partial charge is 0.234 e. The molecule has 0 spiro atoms. The van der Waals surface area contributed by atoms with Crippen molar-refractivity contribution in [2.75, 3.05) is 11.1 Å². The van der Waals surface area contributed by atoms with Gasteiger partial charge in [0.2, 0.25) is 5.91 Å². The number of amides is 1. The maximum atomic E-state index is 12.4. The Balaban J connectivity index is 1.72. The molecular weight excluding hydrogens is 483 g/mol. The lowest BCUT2D eigenvalue weighted by molar-refractivity contribution is -0.113. The van der Waals surface area contributed by atoms with Crippen LogP contribution < -0.4 is 5.32 Å². The number of nitrogens with one attached hydrogen (secondary N) is 1. The van der Waals surface area contributed by atoms with Gasteiger partial charge in [-0.15, -0.1) is 28.1 Å². The fourth-order valence-corrected chi connectivity index (χ4v) is 5.02. The molecule has 158 valence electrons. The Labute approximate surface area is 198 Å². The number of thiophene rings is 1. The van der Waals surface area contributed by atoms with E-state index in [2.05, 4.69) is 40.5 Å². The number of carbonyl (C=O) groups is 1. The number of carbonyl (C=O) groups excluding carboxylic acids is 1. The number of allylic oxidation sites excluding steroid dienone is 1. The summed E-state index contributed by atoms with van der Waals surface area (Å²) in [6, 6.07) is 5.16. The molecule has 0 aliphatic rings. The summed E-state index contributed by atoms with van der Waals surface area (Å²) in [6.07, 6.45) is 3.92. The standard InChI is InChI=1S/C20H19Cl3N4OS2/c1-3-5-13-7-12(10-29-13)19-25-26-20(27(19)6-4-2)30-11-18(28)24-17-9-15(22)14(21)8-16(17)23/h4,7-10H,2-3,5-6,11H2,1H3,(H,24,28). The van der Waals surface area contributed by atoms with Gasteiger partial charge in [0.05, 0.1) is 26.5 Å². The van der Waals surface area contributed by atoms with Crippen LogP contribution >= 0.6 is 57.9 Å². The van der Waals surface area contributed by atoms with E-state index in [0.717, 1.165) is 24.2 Å². The fourth-order valence-electron chi connectivity index (χ4n) is 2.71. The quantitative estimate of drug-likeness (QED) is 0.198. The van der Waals surface area contributed by atoms with E-state index in [0.29, 0.717) is 32.5 Å². The molecule has 0 fully saturated rings. The van der Waals surface area contributed by atoms with Gasteiger partial charge in [0, 0.05) is 22.4 Å². The summed E-state index contributed by atoms with van der Waals surface area (Å²) in [4.78, 5) is 13.7. The zero-order valence-electron chi connectivity index (χ0n) is 16.1. The molecule has 0 aliphatic heterocycles. The Hall–Kier alpha value is -1.51. The molecule has 0 aliphatic carbocycles. The lowest BCUT2D eigenvalue weighted by atomic mass is 10.2. The van der Waals surface area contributed by atoms with E-state index in [1.807, 2.05) is 4.57 Å². The predicted octanol–water partition coefficient (Wildman–Crippen LogP) is 6.84. The fraction of sp³-hybridized carbons (Fsp3) is 0.250. The van der Waals surface area contributed by atoms with Crippen LogP contribution in [0.5, 0.6) is 0 Å². The summed E-state index contributed by atoms with van der Waals surface area (Å²) < 4.78 is 1.95. The first kappa shape index (κ1) is 23.2. The van der Waals surface area contributed by atoms with Crippen molar-refractivity contribution in [3.63, 3.8) is 0 Å². The van der Waals surface area contributed by atoms with Gasteiger partial charge >= 0.3 is 0 Å². The van der Waals surface area contributed by atoms with Crippen molar-refractivity contribution in [2.45, 2.75) is 31.5 Å². The van der Waals surface area contributed by atoms with Crippen molar-refractivity contribution in [2.24, 2.45) is 0 Å². The van der Waals surface area contributed by atoms with Crippen molar-refractivity contribution < 1.29 is 4.79 Å². The van der Waals surface area contributed by atoms with Crippen LogP contribution in [0.3, 0.4) is 0 Å². The minimum Gasteiger partial charge on any atom is -0.324 e. The van der Waals surface area contributed by atoms with Gasteiger partial charge in [-0.25, -0.2) is 0 Å². The molecule has 10 heteroatoms. The van der Waals surface area contributed by atoms with Crippen LogP contribution in [0.25, 0.3) is 11.4 Å². The molecule has 0 radical (unpaired) electrons. The van der Waals surface area contributed by atoms with Crippen LogP contribution in [0, 0.1) is 0 Å². The Morgan fingerprint density at radius 3 is 2.73 bits per heavy atom. The van der Waals surface area contributed by atoms with E-state index in [1.165, 1.54) is 28.8 Å². The zero-order chi connectivity index (χ0) is 21.7. The summed E-state index contributed by atoms with van der Waals surface area (Å²) in [5, 5.41) is 15.1. The number of aryl methyl sites for hydroxylation is 1. The maximum Gasteiger partial charge on any atom is 0.234 e. The molecule has 0 atom stereocenters. The number of benzene rings is 1. The predicted molar refractivity (Wildman–Crippen MR) is 128 cm³/mol. The van der Waals surface area contributed by atoms with E-state index >= 15 is 0 Å². The molecule has 0 saturated heterocycles. The second-order valence-corrected chi connectivity index (χ2v) is 9.50. The molecule has 2 heterocycles. The first-order valence-corrected chi connectivity index (χ1v) is 12.1. The third-order valence-corrected chi connectivity index (χ3v) is 7.05. The summed E-state index contributed by atoms with van der Waals surface area (Å²) in [5.41, 5.74) is 1.43. The maximum absolute atomic E-state index is 12.4. The van der Waals surface area contributed by atoms with Crippen molar-refractivity contribution in [3.05, 3.63) is 56.2 Å². The van der Waals surface area contributed by atoms with Crippen LogP contribution in [0.15, 0.2) is 41.4 Å². The first-order valence-electron chi connectivity index (χ1n) is 9.12. The average molecular weight is 502 g/mol. The Morgan fingerprint density at radius 2 is 2.00 bits per heavy atom. The van der Waals surface area contributed by atoms with Gasteiger partial charge in [-0.05, 0) is 24.6 Å². The largest absolute Gasteiger partial charge is 0.324 e. The topological polar surface area (TPSA) is 59.8 Å². The molecule has 2 aromatic heterocycles. The zero-order valence-corrected chi connectivity index (χ0v) is 20.0.